The van der Waals surface area contributed by atoms with E-state index in [9.17, 15) is 4.79 Å². The second-order valence-electron chi connectivity index (χ2n) is 7.24. The van der Waals surface area contributed by atoms with E-state index in [-0.39, 0.29) is 30.4 Å². The molecule has 0 spiro atoms. The molecule has 1 aliphatic heterocycles. The normalized spacial score (nSPS) is 22.1. The number of halogens is 1. The number of hydrogen-bond acceptors (Lipinski definition) is 5. The number of aromatic nitrogens is 2. The highest BCUT2D eigenvalue weighted by Crippen LogP contribution is 2.34. The first-order valence-electron chi connectivity index (χ1n) is 9.20. The SMILES string of the molecule is NC1CCCCC1Nc1nc(-c2cc3occn3c2)c2c(c1F)CNC2=O. The molecule has 0 aromatic carbocycles. The third kappa shape index (κ3) is 2.59. The molecule has 3 aromatic heterocycles. The van der Waals surface area contributed by atoms with Crippen LogP contribution in [0.25, 0.3) is 17.0 Å². The Kier molecular flexibility index (Phi) is 3.68. The minimum atomic E-state index is -0.479. The summed E-state index contributed by atoms with van der Waals surface area (Å²) in [6.07, 6.45) is 9.10. The number of nitrogens with one attached hydrogen (secondary N) is 2. The van der Waals surface area contributed by atoms with Crippen molar-refractivity contribution in [1.82, 2.24) is 14.7 Å². The Hall–Kier alpha value is -2.87. The van der Waals surface area contributed by atoms with Gasteiger partial charge in [0.1, 0.15) is 6.26 Å². The number of amides is 1. The van der Waals surface area contributed by atoms with Gasteiger partial charge in [0, 0.05) is 48.2 Å². The molecule has 1 amide bonds. The summed E-state index contributed by atoms with van der Waals surface area (Å²) in [4.78, 5) is 16.8. The molecule has 27 heavy (non-hydrogen) atoms. The molecule has 1 saturated carbocycles. The van der Waals surface area contributed by atoms with Crippen LogP contribution in [-0.4, -0.2) is 27.4 Å². The number of hydrogen-bond donors (Lipinski definition) is 3. The van der Waals surface area contributed by atoms with E-state index in [4.69, 9.17) is 10.2 Å². The van der Waals surface area contributed by atoms with E-state index in [1.165, 1.54) is 0 Å². The van der Waals surface area contributed by atoms with E-state index in [2.05, 4.69) is 15.6 Å². The molecular weight excluding hydrogens is 349 g/mol. The molecule has 2 aliphatic rings. The Balaban J connectivity index is 1.62. The summed E-state index contributed by atoms with van der Waals surface area (Å²) in [5, 5.41) is 5.90. The van der Waals surface area contributed by atoms with Gasteiger partial charge in [-0.25, -0.2) is 9.37 Å². The molecule has 2 unspecified atom stereocenters. The molecule has 1 aliphatic carbocycles. The average Bonchev–Trinajstić information content (AvgIpc) is 3.34. The number of nitrogens with zero attached hydrogens (tertiary/aromatic N) is 2. The zero-order valence-electron chi connectivity index (χ0n) is 14.7. The number of nitrogens with two attached hydrogens (primary N) is 1. The quantitative estimate of drug-likeness (QED) is 0.659. The molecular formula is C19H20FN5O2. The third-order valence-corrected chi connectivity index (χ3v) is 5.52. The van der Waals surface area contributed by atoms with Crippen molar-refractivity contribution in [3.05, 3.63) is 41.7 Å². The summed E-state index contributed by atoms with van der Waals surface area (Å²) in [5.74, 6) is -0.631. The Labute approximate surface area is 154 Å². The van der Waals surface area contributed by atoms with E-state index in [1.807, 2.05) is 6.20 Å². The summed E-state index contributed by atoms with van der Waals surface area (Å²) in [6.45, 7) is 0.158. The van der Waals surface area contributed by atoms with Crippen LogP contribution in [0.15, 0.2) is 29.1 Å². The van der Waals surface area contributed by atoms with Gasteiger partial charge in [-0.15, -0.1) is 0 Å². The van der Waals surface area contributed by atoms with Gasteiger partial charge >= 0.3 is 0 Å². The standard InChI is InChI=1S/C19H20FN5O2/c20-16-11-8-22-19(26)15(11)17(10-7-14-25(9-10)5-6-27-14)24-18(16)23-13-4-2-1-3-12(13)21/h5-7,9,12-13H,1-4,8,21H2,(H,22,26)(H,23,24). The maximum absolute atomic E-state index is 15.1. The van der Waals surface area contributed by atoms with Gasteiger partial charge < -0.3 is 20.8 Å². The number of rotatable bonds is 3. The lowest BCUT2D eigenvalue weighted by Gasteiger charge is -2.30. The predicted molar refractivity (Wildman–Crippen MR) is 97.9 cm³/mol. The topological polar surface area (TPSA) is 97.6 Å². The van der Waals surface area contributed by atoms with Crippen LogP contribution in [0.4, 0.5) is 10.2 Å². The van der Waals surface area contributed by atoms with Gasteiger partial charge in [-0.2, -0.15) is 0 Å². The smallest absolute Gasteiger partial charge is 0.254 e. The minimum absolute atomic E-state index is 0.0259. The minimum Gasteiger partial charge on any atom is -0.447 e. The van der Waals surface area contributed by atoms with E-state index in [1.54, 1.807) is 22.9 Å². The van der Waals surface area contributed by atoms with Crippen LogP contribution in [0, 0.1) is 5.82 Å². The lowest BCUT2D eigenvalue weighted by molar-refractivity contribution is 0.0966. The molecule has 4 heterocycles. The molecule has 0 bridgehead atoms. The first-order valence-corrected chi connectivity index (χ1v) is 9.20. The van der Waals surface area contributed by atoms with E-state index >= 15 is 4.39 Å². The molecule has 4 N–H and O–H groups in total. The Morgan fingerprint density at radius 3 is 3.04 bits per heavy atom. The van der Waals surface area contributed by atoms with Crippen LogP contribution in [0.1, 0.15) is 41.6 Å². The fourth-order valence-corrected chi connectivity index (χ4v) is 4.06. The van der Waals surface area contributed by atoms with Crippen molar-refractivity contribution in [2.75, 3.05) is 5.32 Å². The first-order chi connectivity index (χ1) is 13.1. The largest absolute Gasteiger partial charge is 0.447 e. The van der Waals surface area contributed by atoms with Crippen molar-refractivity contribution < 1.29 is 13.6 Å². The number of anilines is 1. The monoisotopic (exact) mass is 369 g/mol. The molecule has 1 fully saturated rings. The fourth-order valence-electron chi connectivity index (χ4n) is 4.06. The Bertz CT molecular complexity index is 1010. The zero-order valence-corrected chi connectivity index (χ0v) is 14.7. The van der Waals surface area contributed by atoms with E-state index < -0.39 is 5.82 Å². The number of carbonyl (C=O) groups is 1. The van der Waals surface area contributed by atoms with Crippen LogP contribution in [-0.2, 0) is 6.54 Å². The second kappa shape index (κ2) is 6.09. The van der Waals surface area contributed by atoms with Crippen LogP contribution < -0.4 is 16.4 Å². The molecule has 5 rings (SSSR count). The summed E-state index contributed by atoms with van der Waals surface area (Å²) >= 11 is 0. The molecule has 3 aromatic rings. The van der Waals surface area contributed by atoms with Crippen LogP contribution in [0.3, 0.4) is 0 Å². The number of carbonyl (C=O) groups excluding carboxylic acids is 1. The average molecular weight is 369 g/mol. The van der Waals surface area contributed by atoms with Crippen LogP contribution in [0.2, 0.25) is 0 Å². The first kappa shape index (κ1) is 16.3. The maximum atomic E-state index is 15.1. The van der Waals surface area contributed by atoms with Gasteiger partial charge in [-0.05, 0) is 12.8 Å². The second-order valence-corrected chi connectivity index (χ2v) is 7.24. The highest BCUT2D eigenvalue weighted by Gasteiger charge is 2.32. The molecule has 140 valence electrons. The number of fused-ring (bicyclic) bond motifs is 2. The summed E-state index contributed by atoms with van der Waals surface area (Å²) < 4.78 is 22.3. The van der Waals surface area contributed by atoms with Crippen molar-refractivity contribution in [2.24, 2.45) is 5.73 Å². The van der Waals surface area contributed by atoms with Gasteiger partial charge in [-0.1, -0.05) is 12.8 Å². The summed E-state index contributed by atoms with van der Waals surface area (Å²) in [5.41, 5.74) is 8.63. The van der Waals surface area contributed by atoms with Crippen molar-refractivity contribution in [3.8, 4) is 11.3 Å². The Morgan fingerprint density at radius 2 is 2.22 bits per heavy atom. The van der Waals surface area contributed by atoms with Crippen molar-refractivity contribution in [2.45, 2.75) is 44.3 Å². The van der Waals surface area contributed by atoms with Crippen LogP contribution >= 0.6 is 0 Å². The lowest BCUT2D eigenvalue weighted by Crippen LogP contribution is -2.43. The Morgan fingerprint density at radius 1 is 1.37 bits per heavy atom. The van der Waals surface area contributed by atoms with Gasteiger partial charge in [-0.3, -0.25) is 9.20 Å². The third-order valence-electron chi connectivity index (χ3n) is 5.52. The van der Waals surface area contributed by atoms with E-state index in [0.29, 0.717) is 28.1 Å². The highest BCUT2D eigenvalue weighted by molar-refractivity contribution is 6.04. The van der Waals surface area contributed by atoms with Crippen molar-refractivity contribution in [3.63, 3.8) is 0 Å². The van der Waals surface area contributed by atoms with Gasteiger partial charge in [0.05, 0.1) is 11.3 Å². The molecule has 7 nitrogen and oxygen atoms in total. The maximum Gasteiger partial charge on any atom is 0.254 e. The van der Waals surface area contributed by atoms with Crippen LogP contribution in [0.5, 0.6) is 0 Å². The zero-order chi connectivity index (χ0) is 18.5. The fraction of sp³-hybridized carbons (Fsp3) is 0.368. The highest BCUT2D eigenvalue weighted by atomic mass is 19.1. The van der Waals surface area contributed by atoms with E-state index in [0.717, 1.165) is 25.7 Å². The molecule has 2 atom stereocenters. The van der Waals surface area contributed by atoms with Crippen molar-refractivity contribution >= 4 is 17.4 Å². The molecule has 0 saturated heterocycles. The lowest BCUT2D eigenvalue weighted by atomic mass is 9.91. The summed E-state index contributed by atoms with van der Waals surface area (Å²) in [6, 6.07) is 1.73. The summed E-state index contributed by atoms with van der Waals surface area (Å²) in [7, 11) is 0. The number of oxazole rings is 1. The number of pyridine rings is 1. The predicted octanol–water partition coefficient (Wildman–Crippen LogP) is 2.66. The van der Waals surface area contributed by atoms with Crippen molar-refractivity contribution in [1.29, 1.82) is 0 Å². The van der Waals surface area contributed by atoms with Gasteiger partial charge in [0.15, 0.2) is 11.6 Å². The van der Waals surface area contributed by atoms with Gasteiger partial charge in [0.25, 0.3) is 5.91 Å². The molecule has 0 radical (unpaired) electrons. The molecule has 8 heteroatoms. The van der Waals surface area contributed by atoms with Gasteiger partial charge in [0.2, 0.25) is 5.71 Å².